The minimum Gasteiger partial charge on any atom is -0.311 e. The second-order valence-electron chi connectivity index (χ2n) is 6.73. The largest absolute Gasteiger partial charge is 0.311 e. The van der Waals surface area contributed by atoms with Gasteiger partial charge in [-0.15, -0.1) is 10.2 Å². The molecular weight excluding hydrogens is 278 g/mol. The number of nitrogens with zero attached hydrogens (tertiary/aromatic N) is 3. The van der Waals surface area contributed by atoms with Crippen molar-refractivity contribution in [1.82, 2.24) is 14.8 Å². The lowest BCUT2D eigenvalue weighted by atomic mass is 9.64. The summed E-state index contributed by atoms with van der Waals surface area (Å²) in [6, 6.07) is 2.79. The maximum Gasteiger partial charge on any atom is 0.143 e. The number of hydrogen-bond donors (Lipinski definition) is 0. The Bertz CT molecular complexity index is 621. The van der Waals surface area contributed by atoms with Crippen LogP contribution in [0.25, 0.3) is 0 Å². The number of hydrogen-bond acceptors (Lipinski definition) is 3. The van der Waals surface area contributed by atoms with Crippen LogP contribution in [0.15, 0.2) is 16.8 Å². The highest BCUT2D eigenvalue weighted by Gasteiger charge is 2.46. The predicted molar refractivity (Wildman–Crippen MR) is 85.9 cm³/mol. The molecule has 112 valence electrons. The van der Waals surface area contributed by atoms with E-state index in [4.69, 9.17) is 5.10 Å². The summed E-state index contributed by atoms with van der Waals surface area (Å²) in [7, 11) is 0. The molecule has 0 radical (unpaired) electrons. The van der Waals surface area contributed by atoms with Crippen LogP contribution in [0.2, 0.25) is 0 Å². The lowest BCUT2D eigenvalue weighted by Crippen LogP contribution is -2.38. The minimum atomic E-state index is 0.142. The first-order valence-electron chi connectivity index (χ1n) is 8.24. The first kappa shape index (κ1) is 13.5. The molecule has 0 amide bonds. The second-order valence-corrected chi connectivity index (χ2v) is 7.51. The van der Waals surface area contributed by atoms with Gasteiger partial charge in [-0.05, 0) is 61.4 Å². The molecule has 2 saturated carbocycles. The Morgan fingerprint density at radius 3 is 2.71 bits per heavy atom. The van der Waals surface area contributed by atoms with E-state index in [0.29, 0.717) is 12.0 Å². The molecule has 4 rings (SSSR count). The quantitative estimate of drug-likeness (QED) is 0.804. The highest BCUT2D eigenvalue weighted by Crippen LogP contribution is 2.51. The van der Waals surface area contributed by atoms with Crippen molar-refractivity contribution in [2.75, 3.05) is 0 Å². The number of rotatable bonds is 5. The highest BCUT2D eigenvalue weighted by molar-refractivity contribution is 7.08. The van der Waals surface area contributed by atoms with Crippen molar-refractivity contribution >= 4 is 11.3 Å². The SMILES string of the molecule is CCC(C)n1c(C2CC2)nnc1C1(c2ccsc2)CCC1. The molecule has 2 heterocycles. The van der Waals surface area contributed by atoms with E-state index in [2.05, 4.69) is 40.3 Å². The summed E-state index contributed by atoms with van der Waals surface area (Å²) in [6.45, 7) is 4.59. The summed E-state index contributed by atoms with van der Waals surface area (Å²) in [5, 5.41) is 13.8. The van der Waals surface area contributed by atoms with E-state index in [0.717, 1.165) is 6.42 Å². The summed E-state index contributed by atoms with van der Waals surface area (Å²) < 4.78 is 2.49. The molecule has 2 aliphatic carbocycles. The van der Waals surface area contributed by atoms with E-state index in [1.807, 2.05) is 0 Å². The van der Waals surface area contributed by atoms with Crippen LogP contribution in [0, 0.1) is 0 Å². The second kappa shape index (κ2) is 4.94. The van der Waals surface area contributed by atoms with Gasteiger partial charge in [-0.3, -0.25) is 0 Å². The normalized spacial score (nSPS) is 22.0. The van der Waals surface area contributed by atoms with Gasteiger partial charge in [-0.2, -0.15) is 11.3 Å². The van der Waals surface area contributed by atoms with Gasteiger partial charge in [-0.1, -0.05) is 13.3 Å². The van der Waals surface area contributed by atoms with E-state index in [-0.39, 0.29) is 5.41 Å². The van der Waals surface area contributed by atoms with Gasteiger partial charge in [0.15, 0.2) is 0 Å². The first-order chi connectivity index (χ1) is 10.3. The van der Waals surface area contributed by atoms with E-state index in [1.54, 1.807) is 11.3 Å². The molecule has 0 spiro atoms. The van der Waals surface area contributed by atoms with Crippen molar-refractivity contribution in [2.45, 2.75) is 69.7 Å². The lowest BCUT2D eigenvalue weighted by molar-refractivity contribution is 0.267. The lowest BCUT2D eigenvalue weighted by Gasteiger charge is -2.41. The van der Waals surface area contributed by atoms with Gasteiger partial charge in [0.1, 0.15) is 11.6 Å². The third kappa shape index (κ3) is 1.99. The smallest absolute Gasteiger partial charge is 0.143 e. The van der Waals surface area contributed by atoms with Crippen LogP contribution in [0.5, 0.6) is 0 Å². The van der Waals surface area contributed by atoms with Crippen LogP contribution in [0.4, 0.5) is 0 Å². The summed E-state index contributed by atoms with van der Waals surface area (Å²) in [5.41, 5.74) is 1.60. The van der Waals surface area contributed by atoms with Gasteiger partial charge in [0.25, 0.3) is 0 Å². The maximum atomic E-state index is 4.71. The monoisotopic (exact) mass is 301 g/mol. The standard InChI is InChI=1S/C17H23N3S/c1-3-12(2)20-15(13-5-6-13)18-19-16(20)17(8-4-9-17)14-7-10-21-11-14/h7,10-13H,3-6,8-9H2,1-2H3. The van der Waals surface area contributed by atoms with Crippen molar-refractivity contribution in [3.63, 3.8) is 0 Å². The van der Waals surface area contributed by atoms with Crippen LogP contribution in [-0.2, 0) is 5.41 Å². The molecule has 1 unspecified atom stereocenters. The minimum absolute atomic E-state index is 0.142. The molecule has 2 aliphatic rings. The van der Waals surface area contributed by atoms with E-state index < -0.39 is 0 Å². The highest BCUT2D eigenvalue weighted by atomic mass is 32.1. The van der Waals surface area contributed by atoms with E-state index >= 15 is 0 Å². The molecule has 0 aliphatic heterocycles. The van der Waals surface area contributed by atoms with Gasteiger partial charge in [0.2, 0.25) is 0 Å². The van der Waals surface area contributed by atoms with Crippen molar-refractivity contribution in [2.24, 2.45) is 0 Å². The number of thiophene rings is 1. The third-order valence-corrected chi connectivity index (χ3v) is 6.09. The third-order valence-electron chi connectivity index (χ3n) is 5.41. The van der Waals surface area contributed by atoms with E-state index in [1.165, 1.54) is 49.3 Å². The molecule has 4 heteroatoms. The zero-order valence-electron chi connectivity index (χ0n) is 12.9. The topological polar surface area (TPSA) is 30.7 Å². The van der Waals surface area contributed by atoms with Crippen LogP contribution in [-0.4, -0.2) is 14.8 Å². The molecule has 2 fully saturated rings. The van der Waals surface area contributed by atoms with Gasteiger partial charge >= 0.3 is 0 Å². The molecule has 0 saturated heterocycles. The molecular formula is C17H23N3S. The molecule has 1 atom stereocenters. The van der Waals surface area contributed by atoms with E-state index in [9.17, 15) is 0 Å². The summed E-state index contributed by atoms with van der Waals surface area (Å²) in [4.78, 5) is 0. The van der Waals surface area contributed by atoms with Crippen molar-refractivity contribution in [3.05, 3.63) is 34.0 Å². The Morgan fingerprint density at radius 1 is 1.38 bits per heavy atom. The Labute approximate surface area is 130 Å². The summed E-state index contributed by atoms with van der Waals surface area (Å²) in [6.07, 6.45) is 7.48. The zero-order chi connectivity index (χ0) is 14.4. The van der Waals surface area contributed by atoms with Crippen molar-refractivity contribution < 1.29 is 0 Å². The maximum absolute atomic E-state index is 4.71. The van der Waals surface area contributed by atoms with Crippen LogP contribution >= 0.6 is 11.3 Å². The van der Waals surface area contributed by atoms with Crippen LogP contribution in [0.3, 0.4) is 0 Å². The molecule has 2 aromatic heterocycles. The van der Waals surface area contributed by atoms with Gasteiger partial charge in [0.05, 0.1) is 5.41 Å². The summed E-state index contributed by atoms with van der Waals surface area (Å²) in [5.74, 6) is 3.16. The van der Waals surface area contributed by atoms with Crippen LogP contribution < -0.4 is 0 Å². The first-order valence-corrected chi connectivity index (χ1v) is 9.18. The zero-order valence-corrected chi connectivity index (χ0v) is 13.7. The number of aromatic nitrogens is 3. The Morgan fingerprint density at radius 2 is 2.19 bits per heavy atom. The molecule has 21 heavy (non-hydrogen) atoms. The Kier molecular flexibility index (Phi) is 3.18. The van der Waals surface area contributed by atoms with Gasteiger partial charge < -0.3 is 4.57 Å². The fourth-order valence-corrected chi connectivity index (χ4v) is 4.33. The average molecular weight is 301 g/mol. The Hall–Kier alpha value is -1.16. The molecule has 2 aromatic rings. The molecule has 3 nitrogen and oxygen atoms in total. The van der Waals surface area contributed by atoms with Gasteiger partial charge in [-0.25, -0.2) is 0 Å². The summed E-state index contributed by atoms with van der Waals surface area (Å²) >= 11 is 1.80. The van der Waals surface area contributed by atoms with Crippen molar-refractivity contribution in [1.29, 1.82) is 0 Å². The Balaban J connectivity index is 1.84. The molecule has 0 N–H and O–H groups in total. The fourth-order valence-electron chi connectivity index (χ4n) is 3.58. The van der Waals surface area contributed by atoms with Gasteiger partial charge in [0, 0.05) is 12.0 Å². The molecule has 0 bridgehead atoms. The molecule has 0 aromatic carbocycles. The van der Waals surface area contributed by atoms with Crippen LogP contribution in [0.1, 0.15) is 81.5 Å². The average Bonchev–Trinajstić information content (AvgIpc) is 2.98. The van der Waals surface area contributed by atoms with Crippen molar-refractivity contribution in [3.8, 4) is 0 Å². The fraction of sp³-hybridized carbons (Fsp3) is 0.647. The predicted octanol–water partition coefficient (Wildman–Crippen LogP) is 4.66.